The van der Waals surface area contributed by atoms with Gasteiger partial charge in [0.1, 0.15) is 11.7 Å². The van der Waals surface area contributed by atoms with E-state index in [1.807, 2.05) is 41.3 Å². The molecule has 1 atom stereocenters. The van der Waals surface area contributed by atoms with E-state index in [1.165, 1.54) is 0 Å². The monoisotopic (exact) mass is 413 g/mol. The van der Waals surface area contributed by atoms with Crippen molar-refractivity contribution in [3.05, 3.63) is 53.6 Å². The molecule has 0 radical (unpaired) electrons. The topological polar surface area (TPSA) is 53.1 Å². The van der Waals surface area contributed by atoms with Crippen molar-refractivity contribution < 1.29 is 14.3 Å². The third kappa shape index (κ3) is 4.03. The maximum absolute atomic E-state index is 13.0. The quantitative estimate of drug-likeness (QED) is 0.723. The van der Waals surface area contributed by atoms with Crippen LogP contribution in [-0.2, 0) is 9.59 Å². The maximum atomic E-state index is 13.0. The van der Waals surface area contributed by atoms with Crippen molar-refractivity contribution in [2.75, 3.05) is 49.6 Å². The van der Waals surface area contributed by atoms with Crippen LogP contribution in [0.1, 0.15) is 6.42 Å². The van der Waals surface area contributed by atoms with E-state index in [0.717, 1.165) is 30.2 Å². The van der Waals surface area contributed by atoms with E-state index in [2.05, 4.69) is 4.90 Å². The Bertz CT molecular complexity index is 894. The highest BCUT2D eigenvalue weighted by atomic mass is 35.5. The van der Waals surface area contributed by atoms with E-state index in [0.29, 0.717) is 31.1 Å². The number of hydrogen-bond acceptors (Lipinski definition) is 4. The first-order chi connectivity index (χ1) is 14.1. The molecule has 0 aromatic heterocycles. The summed E-state index contributed by atoms with van der Waals surface area (Å²) in [7, 11) is 1.65. The van der Waals surface area contributed by atoms with Crippen LogP contribution < -0.4 is 14.5 Å². The Morgan fingerprint density at radius 1 is 1.00 bits per heavy atom. The number of rotatable bonds is 4. The van der Waals surface area contributed by atoms with Gasteiger partial charge in [-0.05, 0) is 42.8 Å². The number of carbonyl (C=O) groups excluding carboxylic acids is 2. The molecule has 2 aliphatic heterocycles. The van der Waals surface area contributed by atoms with E-state index in [9.17, 15) is 9.59 Å². The summed E-state index contributed by atoms with van der Waals surface area (Å²) in [5, 5.41) is 0.627. The number of anilines is 2. The van der Waals surface area contributed by atoms with Gasteiger partial charge in [0.25, 0.3) is 0 Å². The van der Waals surface area contributed by atoms with Crippen LogP contribution in [0.4, 0.5) is 11.4 Å². The van der Waals surface area contributed by atoms with Crippen LogP contribution in [0.2, 0.25) is 5.02 Å². The van der Waals surface area contributed by atoms with Crippen molar-refractivity contribution in [1.29, 1.82) is 0 Å². The molecule has 0 spiro atoms. The van der Waals surface area contributed by atoms with Gasteiger partial charge in [0.2, 0.25) is 11.8 Å². The van der Waals surface area contributed by atoms with Gasteiger partial charge in [0.05, 0.1) is 7.11 Å². The van der Waals surface area contributed by atoms with Crippen molar-refractivity contribution >= 4 is 34.8 Å². The van der Waals surface area contributed by atoms with Crippen LogP contribution >= 0.6 is 11.6 Å². The number of carbonyl (C=O) groups is 2. The zero-order chi connectivity index (χ0) is 20.4. The third-order valence-electron chi connectivity index (χ3n) is 5.65. The molecule has 152 valence electrons. The molecule has 4 rings (SSSR count). The van der Waals surface area contributed by atoms with Gasteiger partial charge in [-0.3, -0.25) is 9.59 Å². The Balaban J connectivity index is 1.37. The summed E-state index contributed by atoms with van der Waals surface area (Å²) in [6, 6.07) is 15.1. The highest BCUT2D eigenvalue weighted by molar-refractivity contribution is 6.30. The summed E-state index contributed by atoms with van der Waals surface area (Å²) in [6.07, 6.45) is 0.552. The van der Waals surface area contributed by atoms with Gasteiger partial charge in [0.15, 0.2) is 0 Å². The van der Waals surface area contributed by atoms with Crippen molar-refractivity contribution in [1.82, 2.24) is 4.90 Å². The fourth-order valence-electron chi connectivity index (χ4n) is 4.00. The number of methoxy groups -OCH3 is 1. The molecule has 2 saturated heterocycles. The molecule has 2 aromatic carbocycles. The Labute approximate surface area is 175 Å². The predicted molar refractivity (Wildman–Crippen MR) is 114 cm³/mol. The number of benzene rings is 2. The molecule has 0 saturated carbocycles. The fourth-order valence-corrected chi connectivity index (χ4v) is 4.13. The normalized spacial score (nSPS) is 19.6. The largest absolute Gasteiger partial charge is 0.497 e. The molecule has 7 heteroatoms. The van der Waals surface area contributed by atoms with Crippen LogP contribution in [0.15, 0.2) is 48.5 Å². The smallest absolute Gasteiger partial charge is 0.239 e. The number of ether oxygens (including phenoxy) is 1. The van der Waals surface area contributed by atoms with Gasteiger partial charge in [-0.15, -0.1) is 0 Å². The Kier molecular flexibility index (Phi) is 5.62. The number of piperazine rings is 1. The number of amides is 2. The minimum atomic E-state index is -0.589. The van der Waals surface area contributed by atoms with Crippen molar-refractivity contribution in [3.63, 3.8) is 0 Å². The number of hydrogen-bond donors (Lipinski definition) is 0. The molecule has 2 amide bonds. The van der Waals surface area contributed by atoms with Gasteiger partial charge < -0.3 is 19.4 Å². The highest BCUT2D eigenvalue weighted by Gasteiger charge is 2.40. The summed E-state index contributed by atoms with van der Waals surface area (Å²) in [4.78, 5) is 31.6. The molecule has 2 fully saturated rings. The average Bonchev–Trinajstić information content (AvgIpc) is 3.15. The second-order valence-electron chi connectivity index (χ2n) is 7.32. The van der Waals surface area contributed by atoms with Crippen molar-refractivity contribution in [2.45, 2.75) is 6.42 Å². The molecule has 0 N–H and O–H groups in total. The predicted octanol–water partition coefficient (Wildman–Crippen LogP) is 3.05. The van der Waals surface area contributed by atoms with Gasteiger partial charge in [0, 0.05) is 55.2 Å². The lowest BCUT2D eigenvalue weighted by atomic mass is 10.1. The van der Waals surface area contributed by atoms with E-state index >= 15 is 0 Å². The van der Waals surface area contributed by atoms with E-state index < -0.39 is 5.92 Å². The van der Waals surface area contributed by atoms with Crippen LogP contribution in [0.5, 0.6) is 5.75 Å². The molecule has 2 aromatic rings. The summed E-state index contributed by atoms with van der Waals surface area (Å²) in [6.45, 7) is 3.25. The Morgan fingerprint density at radius 2 is 1.72 bits per heavy atom. The molecule has 0 bridgehead atoms. The SMILES string of the molecule is COc1cccc(N2CCN(C(=O)[C@H]3CCN(c4ccc(Cl)cc4)C3=O)CC2)c1. The molecule has 6 nitrogen and oxygen atoms in total. The maximum Gasteiger partial charge on any atom is 0.239 e. The van der Waals surface area contributed by atoms with E-state index in [1.54, 1.807) is 24.1 Å². The van der Waals surface area contributed by atoms with Gasteiger partial charge in [-0.1, -0.05) is 17.7 Å². The first-order valence-corrected chi connectivity index (χ1v) is 10.2. The lowest BCUT2D eigenvalue weighted by molar-refractivity contribution is -0.140. The number of nitrogens with zero attached hydrogens (tertiary/aromatic N) is 3. The first-order valence-electron chi connectivity index (χ1n) is 9.81. The number of halogens is 1. The molecule has 0 aliphatic carbocycles. The van der Waals surface area contributed by atoms with Gasteiger partial charge >= 0.3 is 0 Å². The van der Waals surface area contributed by atoms with Crippen LogP contribution in [0.25, 0.3) is 0 Å². The molecular weight excluding hydrogens is 390 g/mol. The zero-order valence-electron chi connectivity index (χ0n) is 16.4. The molecule has 2 heterocycles. The summed E-state index contributed by atoms with van der Waals surface area (Å²) in [5.74, 6) is 0.0539. The molecule has 0 unspecified atom stereocenters. The van der Waals surface area contributed by atoms with E-state index in [4.69, 9.17) is 16.3 Å². The standard InChI is InChI=1S/C22H24ClN3O3/c1-29-19-4-2-3-18(15-19)24-11-13-25(14-12-24)21(27)20-9-10-26(22(20)28)17-7-5-16(23)6-8-17/h2-8,15,20H,9-14H2,1H3/t20-/m1/s1. The minimum absolute atomic E-state index is 0.0586. The lowest BCUT2D eigenvalue weighted by Gasteiger charge is -2.37. The van der Waals surface area contributed by atoms with Gasteiger partial charge in [-0.2, -0.15) is 0 Å². The van der Waals surface area contributed by atoms with Crippen molar-refractivity contribution in [3.8, 4) is 5.75 Å². The summed E-state index contributed by atoms with van der Waals surface area (Å²) in [5.41, 5.74) is 1.87. The second-order valence-corrected chi connectivity index (χ2v) is 7.76. The lowest BCUT2D eigenvalue weighted by Crippen LogP contribution is -2.51. The summed E-state index contributed by atoms with van der Waals surface area (Å²) < 4.78 is 5.30. The Hall–Kier alpha value is -2.73. The van der Waals surface area contributed by atoms with E-state index in [-0.39, 0.29) is 11.8 Å². The minimum Gasteiger partial charge on any atom is -0.497 e. The molecule has 29 heavy (non-hydrogen) atoms. The van der Waals surface area contributed by atoms with Crippen LogP contribution in [0, 0.1) is 5.92 Å². The van der Waals surface area contributed by atoms with Crippen molar-refractivity contribution in [2.24, 2.45) is 5.92 Å². The summed E-state index contributed by atoms with van der Waals surface area (Å²) >= 11 is 5.93. The highest BCUT2D eigenvalue weighted by Crippen LogP contribution is 2.28. The average molecular weight is 414 g/mol. The van der Waals surface area contributed by atoms with Crippen LogP contribution in [-0.4, -0.2) is 56.5 Å². The van der Waals surface area contributed by atoms with Crippen LogP contribution in [0.3, 0.4) is 0 Å². The Morgan fingerprint density at radius 3 is 2.41 bits per heavy atom. The second kappa shape index (κ2) is 8.33. The molecule has 2 aliphatic rings. The zero-order valence-corrected chi connectivity index (χ0v) is 17.1. The molecular formula is C22H24ClN3O3. The third-order valence-corrected chi connectivity index (χ3v) is 5.90. The van der Waals surface area contributed by atoms with Gasteiger partial charge in [-0.25, -0.2) is 0 Å². The fraction of sp³-hybridized carbons (Fsp3) is 0.364. The first kappa shape index (κ1) is 19.6.